The van der Waals surface area contributed by atoms with Gasteiger partial charge in [-0.15, -0.1) is 0 Å². The lowest BCUT2D eigenvalue weighted by atomic mass is 9.89. The molecule has 0 spiro atoms. The Hall–Kier alpha value is -2.57. The fourth-order valence-electron chi connectivity index (χ4n) is 4.20. The van der Waals surface area contributed by atoms with Crippen LogP contribution in [0.1, 0.15) is 32.6 Å². The second-order valence-electron chi connectivity index (χ2n) is 7.19. The molecule has 2 aliphatic rings. The van der Waals surface area contributed by atoms with Crippen LogP contribution in [0.3, 0.4) is 0 Å². The zero-order valence-corrected chi connectivity index (χ0v) is 14.0. The summed E-state index contributed by atoms with van der Waals surface area (Å²) >= 11 is 0. The number of benzene rings is 1. The maximum atomic E-state index is 12.3. The van der Waals surface area contributed by atoms with Crippen molar-refractivity contribution in [3.8, 4) is 0 Å². The van der Waals surface area contributed by atoms with Gasteiger partial charge >= 0.3 is 11.7 Å². The molecule has 7 heteroatoms. The Bertz CT molecular complexity index is 884. The SMILES string of the molecule is C[C@H](OC(=O)[C@@H]1C[C@H]2CC[C@H]1C2)C(=O)Nc1ccc2[nH]c(=O)[nH]c2c1. The number of ether oxygens (including phenoxy) is 1. The number of nitrogens with one attached hydrogen (secondary N) is 3. The summed E-state index contributed by atoms with van der Waals surface area (Å²) in [4.78, 5) is 41.2. The number of rotatable bonds is 4. The summed E-state index contributed by atoms with van der Waals surface area (Å²) in [7, 11) is 0. The van der Waals surface area contributed by atoms with E-state index in [0.717, 1.165) is 19.3 Å². The molecule has 1 heterocycles. The average molecular weight is 343 g/mol. The van der Waals surface area contributed by atoms with Crippen LogP contribution in [-0.4, -0.2) is 27.9 Å². The van der Waals surface area contributed by atoms with Gasteiger partial charge in [0.15, 0.2) is 6.10 Å². The minimum Gasteiger partial charge on any atom is -0.452 e. The van der Waals surface area contributed by atoms with Crippen molar-refractivity contribution in [2.75, 3.05) is 5.32 Å². The number of carbonyl (C=O) groups is 2. The summed E-state index contributed by atoms with van der Waals surface area (Å²) in [5.41, 5.74) is 1.51. The largest absolute Gasteiger partial charge is 0.452 e. The molecule has 2 aliphatic carbocycles. The summed E-state index contributed by atoms with van der Waals surface area (Å²) in [5.74, 6) is 0.409. The highest BCUT2D eigenvalue weighted by Gasteiger charge is 2.44. The lowest BCUT2D eigenvalue weighted by molar-refractivity contribution is -0.158. The first-order valence-corrected chi connectivity index (χ1v) is 8.73. The monoisotopic (exact) mass is 343 g/mol. The van der Waals surface area contributed by atoms with Gasteiger partial charge in [-0.2, -0.15) is 0 Å². The van der Waals surface area contributed by atoms with Crippen LogP contribution < -0.4 is 11.0 Å². The van der Waals surface area contributed by atoms with Crippen molar-refractivity contribution in [2.24, 2.45) is 17.8 Å². The zero-order chi connectivity index (χ0) is 17.6. The predicted octanol–water partition coefficient (Wildman–Crippen LogP) is 2.16. The molecule has 3 N–H and O–H groups in total. The Labute approximate surface area is 144 Å². The molecule has 7 nitrogen and oxygen atoms in total. The summed E-state index contributed by atoms with van der Waals surface area (Å²) in [6, 6.07) is 5.05. The third kappa shape index (κ3) is 3.06. The lowest BCUT2D eigenvalue weighted by Crippen LogP contribution is -2.33. The second-order valence-corrected chi connectivity index (χ2v) is 7.19. The molecule has 2 saturated carbocycles. The Morgan fingerprint density at radius 3 is 2.72 bits per heavy atom. The molecule has 0 radical (unpaired) electrons. The minimum absolute atomic E-state index is 0.0460. The number of aromatic nitrogens is 2. The van der Waals surface area contributed by atoms with Gasteiger partial charge in [-0.3, -0.25) is 9.59 Å². The van der Waals surface area contributed by atoms with Crippen LogP contribution in [0.5, 0.6) is 0 Å². The van der Waals surface area contributed by atoms with Crippen LogP contribution in [0.4, 0.5) is 5.69 Å². The predicted molar refractivity (Wildman–Crippen MR) is 92.0 cm³/mol. The molecule has 1 aromatic carbocycles. The highest BCUT2D eigenvalue weighted by atomic mass is 16.5. The molecule has 2 bridgehead atoms. The van der Waals surface area contributed by atoms with Gasteiger partial charge in [0.2, 0.25) is 0 Å². The van der Waals surface area contributed by atoms with Gasteiger partial charge in [0.25, 0.3) is 5.91 Å². The maximum Gasteiger partial charge on any atom is 0.323 e. The topological polar surface area (TPSA) is 104 Å². The van der Waals surface area contributed by atoms with E-state index in [1.54, 1.807) is 25.1 Å². The summed E-state index contributed by atoms with van der Waals surface area (Å²) in [6.45, 7) is 1.58. The minimum atomic E-state index is -0.854. The van der Waals surface area contributed by atoms with Crippen LogP contribution in [-0.2, 0) is 14.3 Å². The number of esters is 1. The van der Waals surface area contributed by atoms with Gasteiger partial charge in [-0.25, -0.2) is 4.79 Å². The number of amides is 1. The van der Waals surface area contributed by atoms with Crippen molar-refractivity contribution in [1.82, 2.24) is 9.97 Å². The fourth-order valence-corrected chi connectivity index (χ4v) is 4.20. The Kier molecular flexibility index (Phi) is 3.86. The first-order chi connectivity index (χ1) is 12.0. The van der Waals surface area contributed by atoms with E-state index in [1.165, 1.54) is 6.42 Å². The molecular formula is C18H21N3O4. The highest BCUT2D eigenvalue weighted by Crippen LogP contribution is 2.48. The van der Waals surface area contributed by atoms with Crippen LogP contribution >= 0.6 is 0 Å². The van der Waals surface area contributed by atoms with E-state index in [-0.39, 0.29) is 23.5 Å². The number of H-pyrrole nitrogens is 2. The second kappa shape index (κ2) is 6.06. The quantitative estimate of drug-likeness (QED) is 0.740. The number of anilines is 1. The molecule has 0 unspecified atom stereocenters. The van der Waals surface area contributed by atoms with Crippen molar-refractivity contribution in [3.05, 3.63) is 28.7 Å². The molecule has 0 aliphatic heterocycles. The van der Waals surface area contributed by atoms with E-state index in [1.807, 2.05) is 0 Å². The first-order valence-electron chi connectivity index (χ1n) is 8.73. The first kappa shape index (κ1) is 15.9. The number of aromatic amines is 2. The van der Waals surface area contributed by atoms with Crippen LogP contribution in [0.15, 0.2) is 23.0 Å². The Morgan fingerprint density at radius 2 is 2.00 bits per heavy atom. The van der Waals surface area contributed by atoms with E-state index in [9.17, 15) is 14.4 Å². The van der Waals surface area contributed by atoms with Gasteiger partial charge < -0.3 is 20.0 Å². The Morgan fingerprint density at radius 1 is 1.20 bits per heavy atom. The third-order valence-corrected chi connectivity index (χ3v) is 5.49. The molecule has 4 rings (SSSR count). The van der Waals surface area contributed by atoms with Gasteiger partial charge in [-0.1, -0.05) is 6.42 Å². The molecule has 2 aromatic rings. The highest BCUT2D eigenvalue weighted by molar-refractivity contribution is 5.96. The van der Waals surface area contributed by atoms with E-state index < -0.39 is 6.10 Å². The van der Waals surface area contributed by atoms with Crippen molar-refractivity contribution >= 4 is 28.6 Å². The lowest BCUT2D eigenvalue weighted by Gasteiger charge is -2.22. The smallest absolute Gasteiger partial charge is 0.323 e. The number of hydrogen-bond donors (Lipinski definition) is 3. The molecule has 1 amide bonds. The van der Waals surface area contributed by atoms with Crippen molar-refractivity contribution in [2.45, 2.75) is 38.7 Å². The number of imidazole rings is 1. The van der Waals surface area contributed by atoms with E-state index in [0.29, 0.717) is 28.6 Å². The molecule has 1 aromatic heterocycles. The summed E-state index contributed by atoms with van der Waals surface area (Å²) < 4.78 is 5.40. The normalized spacial score (nSPS) is 25.9. The van der Waals surface area contributed by atoms with Crippen molar-refractivity contribution < 1.29 is 14.3 Å². The number of fused-ring (bicyclic) bond motifs is 3. The van der Waals surface area contributed by atoms with Crippen molar-refractivity contribution in [3.63, 3.8) is 0 Å². The molecule has 132 valence electrons. The molecule has 0 saturated heterocycles. The van der Waals surface area contributed by atoms with E-state index in [4.69, 9.17) is 4.74 Å². The standard InChI is InChI=1S/C18H21N3O4/c1-9(25-17(23)13-7-10-2-3-11(13)6-10)16(22)19-12-4-5-14-15(8-12)21-18(24)20-14/h4-5,8-11,13H,2-3,6-7H2,1H3,(H,19,22)(H2,20,21,24)/t9-,10-,11-,13+/m0/s1. The summed E-state index contributed by atoms with van der Waals surface area (Å²) in [5, 5.41) is 2.72. The number of hydrogen-bond acceptors (Lipinski definition) is 4. The van der Waals surface area contributed by atoms with Gasteiger partial charge in [0, 0.05) is 5.69 Å². The Balaban J connectivity index is 1.37. The van der Waals surface area contributed by atoms with Gasteiger partial charge in [0.1, 0.15) is 0 Å². The molecular weight excluding hydrogens is 322 g/mol. The molecule has 25 heavy (non-hydrogen) atoms. The van der Waals surface area contributed by atoms with Crippen LogP contribution in [0.2, 0.25) is 0 Å². The van der Waals surface area contributed by atoms with Gasteiger partial charge in [0.05, 0.1) is 17.0 Å². The van der Waals surface area contributed by atoms with Crippen molar-refractivity contribution in [1.29, 1.82) is 0 Å². The zero-order valence-electron chi connectivity index (χ0n) is 14.0. The summed E-state index contributed by atoms with van der Waals surface area (Å²) in [6.07, 6.45) is 3.48. The van der Waals surface area contributed by atoms with Crippen LogP contribution in [0.25, 0.3) is 11.0 Å². The maximum absolute atomic E-state index is 12.3. The van der Waals surface area contributed by atoms with Crippen LogP contribution in [0, 0.1) is 17.8 Å². The fraction of sp³-hybridized carbons (Fsp3) is 0.500. The average Bonchev–Trinajstić information content (AvgIpc) is 3.28. The molecule has 4 atom stereocenters. The van der Waals surface area contributed by atoms with E-state index in [2.05, 4.69) is 15.3 Å². The van der Waals surface area contributed by atoms with Gasteiger partial charge in [-0.05, 0) is 56.2 Å². The van der Waals surface area contributed by atoms with E-state index >= 15 is 0 Å². The number of carbonyl (C=O) groups excluding carboxylic acids is 2. The molecule has 2 fully saturated rings. The third-order valence-electron chi connectivity index (χ3n) is 5.49.